The van der Waals surface area contributed by atoms with E-state index in [-0.39, 0.29) is 5.92 Å². The molecule has 7 aromatic carbocycles. The Morgan fingerprint density at radius 2 is 1.23 bits per heavy atom. The zero-order valence-corrected chi connectivity index (χ0v) is 26.9. The summed E-state index contributed by atoms with van der Waals surface area (Å²) in [5.41, 5.74) is 8.31. The molecule has 0 spiro atoms. The third kappa shape index (κ3) is 3.62. The molecule has 3 nitrogen and oxygen atoms in total. The molecule has 0 N–H and O–H groups in total. The highest BCUT2D eigenvalue weighted by Gasteiger charge is 2.49. The van der Waals surface area contributed by atoms with Crippen LogP contribution in [0.3, 0.4) is 0 Å². The fraction of sp³-hybridized carbons (Fsp3) is 0.0227. The van der Waals surface area contributed by atoms with E-state index in [2.05, 4.69) is 146 Å². The van der Waals surface area contributed by atoms with Gasteiger partial charge in [-0.1, -0.05) is 121 Å². The van der Waals surface area contributed by atoms with Gasteiger partial charge in [0, 0.05) is 22.3 Å². The molecule has 2 aliphatic rings. The standard InChI is InChI=1S/C44H27NO2Si/c45-27-28-19-22-37-35(25-28)36-26-29(20-23-38(36)46-37)42-32-15-7-8-16-33(32)43-34(42)21-24-41-44(43)47-39-17-9-10-18-40(39)48(41,30-11-3-1-4-12-30)31-13-5-2-6-14-31/h1-26,42H. The Bertz CT molecular complexity index is 2580. The van der Waals surface area contributed by atoms with Crippen LogP contribution in [0.5, 0.6) is 11.5 Å². The predicted molar refractivity (Wildman–Crippen MR) is 195 cm³/mol. The minimum atomic E-state index is -2.77. The first-order valence-electron chi connectivity index (χ1n) is 16.3. The van der Waals surface area contributed by atoms with Crippen LogP contribution in [0.2, 0.25) is 0 Å². The van der Waals surface area contributed by atoms with Gasteiger partial charge in [0.15, 0.2) is 8.07 Å². The van der Waals surface area contributed by atoms with Crippen molar-refractivity contribution < 1.29 is 9.15 Å². The molecule has 8 aromatic rings. The number of hydrogen-bond donors (Lipinski definition) is 0. The smallest absolute Gasteiger partial charge is 0.188 e. The molecule has 1 atom stereocenters. The lowest BCUT2D eigenvalue weighted by Gasteiger charge is -2.40. The monoisotopic (exact) mass is 629 g/mol. The maximum atomic E-state index is 9.60. The SMILES string of the molecule is N#Cc1ccc2oc3ccc(C4c5ccccc5-c5c4ccc4c5Oc5ccccc5[Si]4(c4ccccc4)c4ccccc4)cc3c2c1. The quantitative estimate of drug-likeness (QED) is 0.186. The summed E-state index contributed by atoms with van der Waals surface area (Å²) in [6.45, 7) is 0. The zero-order valence-electron chi connectivity index (χ0n) is 25.9. The van der Waals surface area contributed by atoms with Crippen LogP contribution in [0, 0.1) is 11.3 Å². The molecule has 224 valence electrons. The first kappa shape index (κ1) is 27.0. The molecule has 0 radical (unpaired) electrons. The van der Waals surface area contributed by atoms with Crippen molar-refractivity contribution in [1.29, 1.82) is 5.26 Å². The van der Waals surface area contributed by atoms with Crippen LogP contribution in [0.1, 0.15) is 28.2 Å². The molecule has 0 saturated heterocycles. The number of rotatable bonds is 3. The summed E-state index contributed by atoms with van der Waals surface area (Å²) >= 11 is 0. The largest absolute Gasteiger partial charge is 0.457 e. The summed E-state index contributed by atoms with van der Waals surface area (Å²) in [4.78, 5) is 0. The van der Waals surface area contributed by atoms with Crippen molar-refractivity contribution >= 4 is 50.8 Å². The van der Waals surface area contributed by atoms with E-state index in [1.165, 1.54) is 48.6 Å². The van der Waals surface area contributed by atoms with Gasteiger partial charge in [-0.05, 0) is 79.4 Å². The van der Waals surface area contributed by atoms with Gasteiger partial charge in [0.25, 0.3) is 0 Å². The molecule has 0 saturated carbocycles. The molecule has 2 heterocycles. The Hall–Kier alpha value is -6.15. The predicted octanol–water partition coefficient (Wildman–Crippen LogP) is 8.10. The summed E-state index contributed by atoms with van der Waals surface area (Å²) in [6, 6.07) is 58.7. The Morgan fingerprint density at radius 3 is 2.00 bits per heavy atom. The molecule has 1 aromatic heterocycles. The average Bonchev–Trinajstić information content (AvgIpc) is 3.69. The van der Waals surface area contributed by atoms with Gasteiger partial charge in [0.05, 0.1) is 11.6 Å². The van der Waals surface area contributed by atoms with Crippen LogP contribution in [-0.2, 0) is 0 Å². The second kappa shape index (κ2) is 10.2. The number of ether oxygens (including phenoxy) is 1. The minimum absolute atomic E-state index is 0.0142. The number of benzene rings is 7. The second-order valence-electron chi connectivity index (χ2n) is 12.7. The highest BCUT2D eigenvalue weighted by atomic mass is 28.3. The van der Waals surface area contributed by atoms with Crippen LogP contribution in [0.15, 0.2) is 162 Å². The van der Waals surface area contributed by atoms with Crippen molar-refractivity contribution in [1.82, 2.24) is 0 Å². The molecule has 1 aliphatic heterocycles. The van der Waals surface area contributed by atoms with Crippen LogP contribution < -0.4 is 25.5 Å². The van der Waals surface area contributed by atoms with Crippen molar-refractivity contribution in [3.05, 3.63) is 180 Å². The van der Waals surface area contributed by atoms with Crippen LogP contribution in [0.4, 0.5) is 0 Å². The Labute approximate surface area is 278 Å². The van der Waals surface area contributed by atoms with Crippen LogP contribution in [-0.4, -0.2) is 8.07 Å². The van der Waals surface area contributed by atoms with Gasteiger partial charge in [-0.2, -0.15) is 5.26 Å². The molecule has 0 bridgehead atoms. The molecule has 1 unspecified atom stereocenters. The van der Waals surface area contributed by atoms with E-state index in [9.17, 15) is 5.26 Å². The molecule has 0 amide bonds. The second-order valence-corrected chi connectivity index (χ2v) is 16.4. The number of furan rings is 1. The summed E-state index contributed by atoms with van der Waals surface area (Å²) in [6.07, 6.45) is 0. The summed E-state index contributed by atoms with van der Waals surface area (Å²) in [5.74, 6) is 1.91. The van der Waals surface area contributed by atoms with Gasteiger partial charge in [0.1, 0.15) is 22.7 Å². The number of fused-ring (bicyclic) bond motifs is 9. The molecule has 48 heavy (non-hydrogen) atoms. The minimum Gasteiger partial charge on any atom is -0.457 e. The lowest BCUT2D eigenvalue weighted by Crippen LogP contribution is -2.76. The Kier molecular flexibility index (Phi) is 5.72. The molecule has 10 rings (SSSR count). The van der Waals surface area contributed by atoms with Gasteiger partial charge in [0.2, 0.25) is 0 Å². The van der Waals surface area contributed by atoms with Gasteiger partial charge in [-0.25, -0.2) is 0 Å². The third-order valence-corrected chi connectivity index (χ3v) is 15.1. The van der Waals surface area contributed by atoms with Gasteiger partial charge in [-0.3, -0.25) is 0 Å². The summed E-state index contributed by atoms with van der Waals surface area (Å²) < 4.78 is 13.3. The molecular formula is C44H27NO2Si. The number of para-hydroxylation sites is 1. The first-order chi connectivity index (χ1) is 23.8. The maximum Gasteiger partial charge on any atom is 0.188 e. The van der Waals surface area contributed by atoms with Gasteiger partial charge in [-0.15, -0.1) is 0 Å². The maximum absolute atomic E-state index is 9.60. The molecular weight excluding hydrogens is 603 g/mol. The molecule has 1 aliphatic carbocycles. The highest BCUT2D eigenvalue weighted by molar-refractivity contribution is 7.20. The molecule has 0 fully saturated rings. The summed E-state index contributed by atoms with van der Waals surface area (Å²) in [7, 11) is -2.77. The lowest BCUT2D eigenvalue weighted by molar-refractivity contribution is 0.488. The first-order valence-corrected chi connectivity index (χ1v) is 18.3. The lowest BCUT2D eigenvalue weighted by atomic mass is 9.88. The normalized spacial score (nSPS) is 15.2. The highest BCUT2D eigenvalue weighted by Crippen LogP contribution is 2.53. The van der Waals surface area contributed by atoms with E-state index in [1.807, 2.05) is 18.2 Å². The van der Waals surface area contributed by atoms with Crippen molar-refractivity contribution in [3.8, 4) is 28.7 Å². The van der Waals surface area contributed by atoms with Crippen molar-refractivity contribution in [2.24, 2.45) is 0 Å². The van der Waals surface area contributed by atoms with E-state index in [1.54, 1.807) is 0 Å². The van der Waals surface area contributed by atoms with Crippen molar-refractivity contribution in [2.45, 2.75) is 5.92 Å². The van der Waals surface area contributed by atoms with Crippen molar-refractivity contribution in [3.63, 3.8) is 0 Å². The fourth-order valence-electron chi connectivity index (χ4n) is 8.35. The number of nitrogens with zero attached hydrogens (tertiary/aromatic N) is 1. The van der Waals surface area contributed by atoms with Gasteiger partial charge < -0.3 is 9.15 Å². The number of hydrogen-bond acceptors (Lipinski definition) is 3. The average molecular weight is 630 g/mol. The third-order valence-electron chi connectivity index (χ3n) is 10.3. The van der Waals surface area contributed by atoms with E-state index in [0.29, 0.717) is 5.56 Å². The van der Waals surface area contributed by atoms with Crippen LogP contribution in [0.25, 0.3) is 33.1 Å². The van der Waals surface area contributed by atoms with E-state index >= 15 is 0 Å². The Morgan fingerprint density at radius 1 is 0.562 bits per heavy atom. The fourth-order valence-corrected chi connectivity index (χ4v) is 13.3. The van der Waals surface area contributed by atoms with Gasteiger partial charge >= 0.3 is 0 Å². The molecule has 4 heteroatoms. The Balaban J connectivity index is 1.26. The zero-order chi connectivity index (χ0) is 31.8. The van der Waals surface area contributed by atoms with E-state index in [4.69, 9.17) is 9.15 Å². The van der Waals surface area contributed by atoms with E-state index in [0.717, 1.165) is 33.4 Å². The van der Waals surface area contributed by atoms with Crippen molar-refractivity contribution in [2.75, 3.05) is 0 Å². The van der Waals surface area contributed by atoms with Crippen LogP contribution >= 0.6 is 0 Å². The topological polar surface area (TPSA) is 46.2 Å². The van der Waals surface area contributed by atoms with E-state index < -0.39 is 8.07 Å². The summed E-state index contributed by atoms with van der Waals surface area (Å²) in [5, 5.41) is 16.8. The number of nitriles is 1.